The molecule has 2 aromatic rings. The summed E-state index contributed by atoms with van der Waals surface area (Å²) in [4.78, 5) is 12.3. The number of aromatic nitrogens is 3. The maximum Gasteiger partial charge on any atom is 0.242 e. The highest BCUT2D eigenvalue weighted by molar-refractivity contribution is 7.99. The van der Waals surface area contributed by atoms with E-state index < -0.39 is 0 Å². The molecule has 1 aromatic heterocycles. The predicted molar refractivity (Wildman–Crippen MR) is 79.1 cm³/mol. The van der Waals surface area contributed by atoms with Gasteiger partial charge in [-0.05, 0) is 12.1 Å². The van der Waals surface area contributed by atoms with Gasteiger partial charge < -0.3 is 10.6 Å². The first-order valence-corrected chi connectivity index (χ1v) is 7.58. The number of rotatable bonds is 3. The molecule has 1 unspecified atom stereocenters. The van der Waals surface area contributed by atoms with E-state index in [1.807, 2.05) is 24.3 Å². The van der Waals surface area contributed by atoms with Crippen LogP contribution in [0.4, 0.5) is 5.69 Å². The van der Waals surface area contributed by atoms with E-state index in [1.54, 1.807) is 28.8 Å². The Kier molecular flexibility index (Phi) is 3.98. The van der Waals surface area contributed by atoms with E-state index in [1.165, 1.54) is 0 Å². The van der Waals surface area contributed by atoms with Gasteiger partial charge in [-0.15, -0.1) is 5.10 Å². The number of amides is 1. The largest absolute Gasteiger partial charge is 0.323 e. The summed E-state index contributed by atoms with van der Waals surface area (Å²) in [7, 11) is 0. The van der Waals surface area contributed by atoms with Gasteiger partial charge >= 0.3 is 0 Å². The van der Waals surface area contributed by atoms with E-state index in [0.717, 1.165) is 29.4 Å². The lowest BCUT2D eigenvalue weighted by Gasteiger charge is -2.22. The molecule has 0 spiro atoms. The van der Waals surface area contributed by atoms with Crippen LogP contribution >= 0.6 is 11.8 Å². The van der Waals surface area contributed by atoms with Gasteiger partial charge in [0.2, 0.25) is 5.91 Å². The van der Waals surface area contributed by atoms with Gasteiger partial charge in [-0.25, -0.2) is 4.68 Å². The number of hydrogen-bond donors (Lipinski definition) is 2. The number of anilines is 1. The molecule has 1 atom stereocenters. The molecule has 20 heavy (non-hydrogen) atoms. The zero-order chi connectivity index (χ0) is 13.8. The van der Waals surface area contributed by atoms with Crippen molar-refractivity contribution in [2.24, 2.45) is 0 Å². The van der Waals surface area contributed by atoms with Gasteiger partial charge in [0.25, 0.3) is 0 Å². The molecule has 1 aliphatic rings. The molecule has 104 valence electrons. The van der Waals surface area contributed by atoms with Crippen molar-refractivity contribution >= 4 is 23.4 Å². The van der Waals surface area contributed by atoms with Crippen LogP contribution in [-0.4, -0.2) is 45.0 Å². The molecule has 0 aliphatic carbocycles. The van der Waals surface area contributed by atoms with Crippen LogP contribution in [0.2, 0.25) is 0 Å². The fraction of sp³-hybridized carbons (Fsp3) is 0.308. The lowest BCUT2D eigenvalue weighted by atomic mass is 10.2. The molecule has 0 radical (unpaired) electrons. The van der Waals surface area contributed by atoms with Crippen molar-refractivity contribution in [3.8, 4) is 5.69 Å². The SMILES string of the molecule is O=C(Nc1ccccc1-n1ccnn1)C1CSCCN1. The standard InChI is InChI=1S/C13H15N5OS/c19-13(11-9-20-8-6-14-11)16-10-3-1-2-4-12(10)18-7-5-15-17-18/h1-5,7,11,14H,6,8-9H2,(H,16,19). The highest BCUT2D eigenvalue weighted by Crippen LogP contribution is 2.19. The van der Waals surface area contributed by atoms with E-state index in [4.69, 9.17) is 0 Å². The lowest BCUT2D eigenvalue weighted by molar-refractivity contribution is -0.117. The van der Waals surface area contributed by atoms with Crippen molar-refractivity contribution < 1.29 is 4.79 Å². The molecule has 2 heterocycles. The average molecular weight is 289 g/mol. The molecular formula is C13H15N5OS. The van der Waals surface area contributed by atoms with Crippen LogP contribution in [0.15, 0.2) is 36.7 Å². The smallest absolute Gasteiger partial charge is 0.242 e. The molecule has 7 heteroatoms. The molecule has 1 amide bonds. The second kappa shape index (κ2) is 6.06. The lowest BCUT2D eigenvalue weighted by Crippen LogP contribution is -2.46. The Morgan fingerprint density at radius 3 is 3.10 bits per heavy atom. The van der Waals surface area contributed by atoms with Crippen molar-refractivity contribution in [1.29, 1.82) is 0 Å². The molecule has 0 saturated carbocycles. The van der Waals surface area contributed by atoms with Crippen LogP contribution in [0.1, 0.15) is 0 Å². The van der Waals surface area contributed by atoms with Crippen molar-refractivity contribution in [3.63, 3.8) is 0 Å². The van der Waals surface area contributed by atoms with Crippen molar-refractivity contribution in [2.45, 2.75) is 6.04 Å². The molecule has 1 aromatic carbocycles. The fourth-order valence-corrected chi connectivity index (χ4v) is 3.00. The minimum Gasteiger partial charge on any atom is -0.323 e. The van der Waals surface area contributed by atoms with Crippen LogP contribution in [0.3, 0.4) is 0 Å². The number of nitrogens with zero attached hydrogens (tertiary/aromatic N) is 3. The molecular weight excluding hydrogens is 274 g/mol. The molecule has 2 N–H and O–H groups in total. The van der Waals surface area contributed by atoms with Gasteiger partial charge in [0, 0.05) is 18.1 Å². The third-order valence-corrected chi connectivity index (χ3v) is 4.13. The molecule has 1 fully saturated rings. The number of benzene rings is 1. The monoisotopic (exact) mass is 289 g/mol. The van der Waals surface area contributed by atoms with Crippen LogP contribution in [0.5, 0.6) is 0 Å². The van der Waals surface area contributed by atoms with Gasteiger partial charge in [-0.1, -0.05) is 17.3 Å². The Bertz CT molecular complexity index is 580. The Balaban J connectivity index is 1.79. The number of thioether (sulfide) groups is 1. The van der Waals surface area contributed by atoms with Crippen LogP contribution in [0.25, 0.3) is 5.69 Å². The molecule has 1 saturated heterocycles. The van der Waals surface area contributed by atoms with Crippen LogP contribution < -0.4 is 10.6 Å². The molecule has 6 nitrogen and oxygen atoms in total. The summed E-state index contributed by atoms with van der Waals surface area (Å²) >= 11 is 1.79. The van der Waals surface area contributed by atoms with Crippen LogP contribution in [0, 0.1) is 0 Å². The summed E-state index contributed by atoms with van der Waals surface area (Å²) in [6.45, 7) is 0.869. The van der Waals surface area contributed by atoms with Crippen molar-refractivity contribution in [2.75, 3.05) is 23.4 Å². The third-order valence-electron chi connectivity index (χ3n) is 3.07. The first-order chi connectivity index (χ1) is 9.84. The summed E-state index contributed by atoms with van der Waals surface area (Å²) in [5, 5.41) is 13.9. The quantitative estimate of drug-likeness (QED) is 0.879. The Hall–Kier alpha value is -1.86. The number of carbonyl (C=O) groups is 1. The zero-order valence-corrected chi connectivity index (χ0v) is 11.6. The molecule has 1 aliphatic heterocycles. The third kappa shape index (κ3) is 2.83. The first kappa shape index (κ1) is 13.1. The predicted octanol–water partition coefficient (Wildman–Crippen LogP) is 0.911. The number of nitrogens with one attached hydrogen (secondary N) is 2. The van der Waals surface area contributed by atoms with E-state index in [-0.39, 0.29) is 11.9 Å². The summed E-state index contributed by atoms with van der Waals surface area (Å²) in [5.74, 6) is 1.85. The fourth-order valence-electron chi connectivity index (χ4n) is 2.07. The van der Waals surface area contributed by atoms with E-state index in [2.05, 4.69) is 20.9 Å². The summed E-state index contributed by atoms with van der Waals surface area (Å²) in [6.07, 6.45) is 3.36. The topological polar surface area (TPSA) is 71.8 Å². The zero-order valence-electron chi connectivity index (χ0n) is 10.8. The maximum absolute atomic E-state index is 12.3. The highest BCUT2D eigenvalue weighted by atomic mass is 32.2. The van der Waals surface area contributed by atoms with E-state index in [0.29, 0.717) is 0 Å². The normalized spacial score (nSPS) is 18.7. The number of hydrogen-bond acceptors (Lipinski definition) is 5. The van der Waals surface area contributed by atoms with Gasteiger partial charge in [-0.2, -0.15) is 11.8 Å². The second-order valence-corrected chi connectivity index (χ2v) is 5.59. The molecule has 0 bridgehead atoms. The number of carbonyl (C=O) groups excluding carboxylic acids is 1. The highest BCUT2D eigenvalue weighted by Gasteiger charge is 2.21. The summed E-state index contributed by atoms with van der Waals surface area (Å²) in [6, 6.07) is 7.41. The van der Waals surface area contributed by atoms with Gasteiger partial charge in [-0.3, -0.25) is 4.79 Å². The summed E-state index contributed by atoms with van der Waals surface area (Å²) in [5.41, 5.74) is 1.54. The summed E-state index contributed by atoms with van der Waals surface area (Å²) < 4.78 is 1.64. The minimum atomic E-state index is -0.141. The van der Waals surface area contributed by atoms with Gasteiger partial charge in [0.1, 0.15) is 0 Å². The van der Waals surface area contributed by atoms with Gasteiger partial charge in [0.05, 0.1) is 29.8 Å². The Labute approximate surface area is 120 Å². The van der Waals surface area contributed by atoms with E-state index >= 15 is 0 Å². The first-order valence-electron chi connectivity index (χ1n) is 6.42. The van der Waals surface area contributed by atoms with Crippen molar-refractivity contribution in [3.05, 3.63) is 36.7 Å². The Morgan fingerprint density at radius 2 is 2.35 bits per heavy atom. The molecule has 3 rings (SSSR count). The minimum absolute atomic E-state index is 0.00948. The second-order valence-electron chi connectivity index (χ2n) is 4.44. The maximum atomic E-state index is 12.3. The van der Waals surface area contributed by atoms with Crippen LogP contribution in [-0.2, 0) is 4.79 Å². The van der Waals surface area contributed by atoms with E-state index in [9.17, 15) is 4.79 Å². The van der Waals surface area contributed by atoms with Crippen molar-refractivity contribution in [1.82, 2.24) is 20.3 Å². The number of para-hydroxylation sites is 2. The van der Waals surface area contributed by atoms with Gasteiger partial charge in [0.15, 0.2) is 0 Å². The average Bonchev–Trinajstić information content (AvgIpc) is 3.03. The Morgan fingerprint density at radius 1 is 1.45 bits per heavy atom.